The first-order valence-corrected chi connectivity index (χ1v) is 8.57. The lowest BCUT2D eigenvalue weighted by Crippen LogP contribution is -2.45. The minimum absolute atomic E-state index is 0.0492. The molecule has 0 spiro atoms. The van der Waals surface area contributed by atoms with Gasteiger partial charge in [-0.05, 0) is 48.5 Å². The van der Waals surface area contributed by atoms with E-state index < -0.39 is 29.7 Å². The lowest BCUT2D eigenvalue weighted by atomic mass is 10.1. The van der Waals surface area contributed by atoms with Gasteiger partial charge >= 0.3 is 12.2 Å². The van der Waals surface area contributed by atoms with Gasteiger partial charge in [-0.2, -0.15) is 4.39 Å². The number of hydrogen-bond acceptors (Lipinski definition) is 6. The molecule has 1 aromatic rings. The van der Waals surface area contributed by atoms with Crippen LogP contribution in [0.5, 0.6) is 5.88 Å². The molecule has 9 heteroatoms. The first kappa shape index (κ1) is 20.7. The molecule has 0 aliphatic carbocycles. The third-order valence-corrected chi connectivity index (χ3v) is 3.36. The lowest BCUT2D eigenvalue weighted by molar-refractivity contribution is 0.0375. The number of anilines is 2. The van der Waals surface area contributed by atoms with Crippen molar-refractivity contribution in [3.63, 3.8) is 0 Å². The van der Waals surface area contributed by atoms with E-state index >= 15 is 0 Å². The number of carbonyl (C=O) groups excluding carboxylic acids is 2. The Morgan fingerprint density at radius 3 is 2.37 bits per heavy atom. The van der Waals surface area contributed by atoms with Gasteiger partial charge in [0.15, 0.2) is 0 Å². The number of halogens is 1. The Bertz CT molecular complexity index is 740. The first-order chi connectivity index (χ1) is 12.3. The lowest BCUT2D eigenvalue weighted by Gasteiger charge is -2.33. The zero-order valence-electron chi connectivity index (χ0n) is 16.7. The van der Waals surface area contributed by atoms with Crippen molar-refractivity contribution in [2.24, 2.45) is 0 Å². The summed E-state index contributed by atoms with van der Waals surface area (Å²) in [6, 6.07) is 0. The highest BCUT2D eigenvalue weighted by Crippen LogP contribution is 2.39. The normalized spacial score (nSPS) is 16.9. The molecule has 0 radical (unpaired) electrons. The van der Waals surface area contributed by atoms with E-state index in [1.54, 1.807) is 48.5 Å². The SMILES string of the molecule is Cc1c(NC(=O)OC(C)(C)C)cnc2c1N(C(=O)OC(C)(C)C)CC(F)O2. The number of alkyl halides is 1. The van der Waals surface area contributed by atoms with Crippen LogP contribution in [0.3, 0.4) is 0 Å². The Balaban J connectivity index is 2.35. The molecule has 150 valence electrons. The van der Waals surface area contributed by atoms with Gasteiger partial charge in [-0.1, -0.05) is 0 Å². The number of nitrogens with one attached hydrogen (secondary N) is 1. The molecular weight excluding hydrogens is 357 g/mol. The van der Waals surface area contributed by atoms with Crippen LogP contribution in [0.15, 0.2) is 6.20 Å². The topological polar surface area (TPSA) is 90.0 Å². The van der Waals surface area contributed by atoms with E-state index in [0.717, 1.165) is 4.90 Å². The van der Waals surface area contributed by atoms with Crippen LogP contribution in [0.4, 0.5) is 25.4 Å². The van der Waals surface area contributed by atoms with Crippen LogP contribution in [-0.2, 0) is 9.47 Å². The fraction of sp³-hybridized carbons (Fsp3) is 0.611. The summed E-state index contributed by atoms with van der Waals surface area (Å²) in [5.74, 6) is -0.0492. The second kappa shape index (κ2) is 7.21. The Kier molecular flexibility index (Phi) is 5.53. The van der Waals surface area contributed by atoms with Crippen molar-refractivity contribution in [1.82, 2.24) is 4.98 Å². The fourth-order valence-corrected chi connectivity index (χ4v) is 2.39. The average Bonchev–Trinajstić information content (AvgIpc) is 2.45. The maximum Gasteiger partial charge on any atom is 0.415 e. The van der Waals surface area contributed by atoms with E-state index in [2.05, 4.69) is 10.3 Å². The minimum atomic E-state index is -1.73. The zero-order valence-corrected chi connectivity index (χ0v) is 16.7. The highest BCUT2D eigenvalue weighted by Gasteiger charge is 2.35. The Labute approximate surface area is 158 Å². The Hall–Kier alpha value is -2.58. The van der Waals surface area contributed by atoms with E-state index in [4.69, 9.17) is 14.2 Å². The van der Waals surface area contributed by atoms with Gasteiger partial charge in [-0.25, -0.2) is 14.6 Å². The predicted octanol–water partition coefficient (Wildman–Crippen LogP) is 4.17. The summed E-state index contributed by atoms with van der Waals surface area (Å²) in [5.41, 5.74) is -0.394. The highest BCUT2D eigenvalue weighted by atomic mass is 19.1. The number of fused-ring (bicyclic) bond motifs is 1. The van der Waals surface area contributed by atoms with Gasteiger partial charge in [-0.15, -0.1) is 0 Å². The number of hydrogen-bond donors (Lipinski definition) is 1. The van der Waals surface area contributed by atoms with Crippen molar-refractivity contribution in [2.45, 2.75) is 66.0 Å². The summed E-state index contributed by atoms with van der Waals surface area (Å²) in [6.07, 6.45) is -1.81. The van der Waals surface area contributed by atoms with Crippen molar-refractivity contribution >= 4 is 23.6 Å². The van der Waals surface area contributed by atoms with E-state index in [1.807, 2.05) is 0 Å². The van der Waals surface area contributed by atoms with Crippen molar-refractivity contribution in [2.75, 3.05) is 16.8 Å². The molecule has 2 amide bonds. The number of rotatable bonds is 1. The highest BCUT2D eigenvalue weighted by molar-refractivity contribution is 5.94. The third-order valence-electron chi connectivity index (χ3n) is 3.36. The van der Waals surface area contributed by atoms with Gasteiger partial charge < -0.3 is 14.2 Å². The van der Waals surface area contributed by atoms with Crippen LogP contribution >= 0.6 is 0 Å². The summed E-state index contributed by atoms with van der Waals surface area (Å²) in [4.78, 5) is 29.7. The van der Waals surface area contributed by atoms with Crippen molar-refractivity contribution in [3.05, 3.63) is 11.8 Å². The average molecular weight is 383 g/mol. The number of nitrogens with zero attached hydrogens (tertiary/aromatic N) is 2. The number of pyridine rings is 1. The van der Waals surface area contributed by atoms with E-state index in [9.17, 15) is 14.0 Å². The summed E-state index contributed by atoms with van der Waals surface area (Å²) in [7, 11) is 0. The molecule has 1 atom stereocenters. The molecule has 8 nitrogen and oxygen atoms in total. The van der Waals surface area contributed by atoms with Gasteiger partial charge in [0.1, 0.15) is 16.9 Å². The van der Waals surface area contributed by atoms with Crippen LogP contribution in [0.1, 0.15) is 47.1 Å². The molecule has 0 bridgehead atoms. The third kappa shape index (κ3) is 5.45. The molecule has 27 heavy (non-hydrogen) atoms. The van der Waals surface area contributed by atoms with E-state index in [-0.39, 0.29) is 18.1 Å². The maximum atomic E-state index is 13.9. The molecule has 1 N–H and O–H groups in total. The molecule has 1 unspecified atom stereocenters. The molecule has 0 saturated carbocycles. The molecule has 1 aliphatic rings. The van der Waals surface area contributed by atoms with Crippen molar-refractivity contribution in [1.29, 1.82) is 0 Å². The zero-order chi connectivity index (χ0) is 20.6. The van der Waals surface area contributed by atoms with Crippen LogP contribution in [0, 0.1) is 6.92 Å². The van der Waals surface area contributed by atoms with Crippen LogP contribution < -0.4 is 15.0 Å². The van der Waals surface area contributed by atoms with Crippen molar-refractivity contribution in [3.8, 4) is 5.88 Å². The van der Waals surface area contributed by atoms with Crippen LogP contribution in [-0.4, -0.2) is 41.3 Å². The molecule has 0 fully saturated rings. The second-order valence-corrected chi connectivity index (χ2v) is 8.20. The Morgan fingerprint density at radius 2 is 1.81 bits per heavy atom. The van der Waals surface area contributed by atoms with Gasteiger partial charge in [0.05, 0.1) is 18.4 Å². The molecular formula is C18H26FN3O5. The largest absolute Gasteiger partial charge is 0.444 e. The second-order valence-electron chi connectivity index (χ2n) is 8.20. The Morgan fingerprint density at radius 1 is 1.22 bits per heavy atom. The summed E-state index contributed by atoms with van der Waals surface area (Å²) in [6.45, 7) is 11.7. The maximum absolute atomic E-state index is 13.9. The molecule has 0 saturated heterocycles. The van der Waals surface area contributed by atoms with Gasteiger partial charge in [0.25, 0.3) is 6.36 Å². The number of ether oxygens (including phenoxy) is 3. The van der Waals surface area contributed by atoms with Crippen LogP contribution in [0.2, 0.25) is 0 Å². The summed E-state index contributed by atoms with van der Waals surface area (Å²) >= 11 is 0. The van der Waals surface area contributed by atoms with Gasteiger partial charge in [0, 0.05) is 5.56 Å². The van der Waals surface area contributed by atoms with E-state index in [1.165, 1.54) is 6.20 Å². The number of amides is 2. The summed E-state index contributed by atoms with van der Waals surface area (Å²) < 4.78 is 29.6. The van der Waals surface area contributed by atoms with Gasteiger partial charge in [-0.3, -0.25) is 10.2 Å². The molecule has 1 aromatic heterocycles. The fourth-order valence-electron chi connectivity index (χ4n) is 2.39. The first-order valence-electron chi connectivity index (χ1n) is 8.57. The van der Waals surface area contributed by atoms with Crippen LogP contribution in [0.25, 0.3) is 0 Å². The quantitative estimate of drug-likeness (QED) is 0.783. The molecule has 2 heterocycles. The number of aromatic nitrogens is 1. The smallest absolute Gasteiger partial charge is 0.415 e. The number of carbonyl (C=O) groups is 2. The minimum Gasteiger partial charge on any atom is -0.444 e. The summed E-state index contributed by atoms with van der Waals surface area (Å²) in [5, 5.41) is 2.58. The van der Waals surface area contributed by atoms with Gasteiger partial charge in [0.2, 0.25) is 5.88 Å². The molecule has 0 aromatic carbocycles. The molecule has 2 rings (SSSR count). The monoisotopic (exact) mass is 383 g/mol. The van der Waals surface area contributed by atoms with Crippen molar-refractivity contribution < 1.29 is 28.2 Å². The predicted molar refractivity (Wildman–Crippen MR) is 97.9 cm³/mol. The standard InChI is InChI=1S/C18H26FN3O5/c1-10-11(21-15(23)26-17(2,3)4)8-20-14-13(10)22(9-12(19)25-14)16(24)27-18(5,6)7/h8,12H,9H2,1-7H3,(H,21,23). The van der Waals surface area contributed by atoms with E-state index in [0.29, 0.717) is 11.3 Å². The molecule has 1 aliphatic heterocycles.